The normalized spacial score (nSPS) is 12.4. The van der Waals surface area contributed by atoms with Crippen LogP contribution in [0.3, 0.4) is 0 Å². The Morgan fingerprint density at radius 2 is 0.522 bits per heavy atom. The number of ether oxygens (including phenoxy) is 1. The van der Waals surface area contributed by atoms with E-state index < -0.39 is 12.1 Å². The summed E-state index contributed by atoms with van der Waals surface area (Å²) >= 11 is 0. The molecule has 90 heavy (non-hydrogen) atoms. The number of nitrogens with one attached hydrogen (secondary N) is 1. The van der Waals surface area contributed by atoms with Crippen molar-refractivity contribution in [2.75, 3.05) is 13.2 Å². The van der Waals surface area contributed by atoms with Crippen molar-refractivity contribution < 1.29 is 24.5 Å². The SMILES string of the molecule is CCCCCC/C=C\CCCCCCCC(=O)OCCCCCCCCCCCCCCCCCCCCCCCCCCCCCCCCCCCCCC(=O)NC(CO)C(O)CCCCCCCCCCCCCCCCCCCCCCCCCCC. The fourth-order valence-electron chi connectivity index (χ4n) is 13.7. The highest BCUT2D eigenvalue weighted by Crippen LogP contribution is 2.21. The molecule has 0 spiro atoms. The van der Waals surface area contributed by atoms with Crippen molar-refractivity contribution in [2.24, 2.45) is 0 Å². The van der Waals surface area contributed by atoms with Crippen molar-refractivity contribution in [3.05, 3.63) is 12.2 Å². The second kappa shape index (κ2) is 80.0. The van der Waals surface area contributed by atoms with Gasteiger partial charge in [0.2, 0.25) is 5.91 Å². The molecule has 0 bridgehead atoms. The molecular weight excluding hydrogens is 1100 g/mol. The van der Waals surface area contributed by atoms with Crippen molar-refractivity contribution in [2.45, 2.75) is 501 Å². The zero-order chi connectivity index (χ0) is 64.9. The summed E-state index contributed by atoms with van der Waals surface area (Å²) in [7, 11) is 0. The maximum atomic E-state index is 12.6. The average molecular weight is 1270 g/mol. The van der Waals surface area contributed by atoms with Crippen LogP contribution in [0.15, 0.2) is 12.2 Å². The van der Waals surface area contributed by atoms with Crippen LogP contribution in [0.5, 0.6) is 0 Å². The molecule has 0 saturated carbocycles. The third-order valence-electron chi connectivity index (χ3n) is 20.1. The molecule has 0 aliphatic rings. The van der Waals surface area contributed by atoms with E-state index in [0.717, 1.165) is 44.9 Å². The first-order chi connectivity index (χ1) is 44.5. The Labute approximate surface area is 565 Å². The maximum Gasteiger partial charge on any atom is 0.305 e. The summed E-state index contributed by atoms with van der Waals surface area (Å²) in [5.41, 5.74) is 0. The summed E-state index contributed by atoms with van der Waals surface area (Å²) in [6.45, 7) is 5.00. The zero-order valence-corrected chi connectivity index (χ0v) is 61.7. The molecule has 536 valence electrons. The third kappa shape index (κ3) is 75.6. The lowest BCUT2D eigenvalue weighted by molar-refractivity contribution is -0.143. The van der Waals surface area contributed by atoms with E-state index in [1.807, 2.05) is 0 Å². The van der Waals surface area contributed by atoms with Gasteiger partial charge in [-0.25, -0.2) is 0 Å². The molecule has 1 amide bonds. The van der Waals surface area contributed by atoms with E-state index in [1.54, 1.807) is 0 Å². The van der Waals surface area contributed by atoms with Crippen molar-refractivity contribution in [3.8, 4) is 0 Å². The van der Waals surface area contributed by atoms with Crippen molar-refractivity contribution in [1.29, 1.82) is 0 Å². The lowest BCUT2D eigenvalue weighted by Crippen LogP contribution is -2.45. The summed E-state index contributed by atoms with van der Waals surface area (Å²) in [5, 5.41) is 23.5. The van der Waals surface area contributed by atoms with Crippen LogP contribution < -0.4 is 5.32 Å². The number of carbonyl (C=O) groups excluding carboxylic acids is 2. The van der Waals surface area contributed by atoms with Crippen molar-refractivity contribution in [1.82, 2.24) is 5.32 Å². The van der Waals surface area contributed by atoms with Gasteiger partial charge in [-0.3, -0.25) is 9.59 Å². The van der Waals surface area contributed by atoms with E-state index in [1.165, 1.54) is 411 Å². The monoisotopic (exact) mass is 1270 g/mol. The topological polar surface area (TPSA) is 95.9 Å². The molecular formula is C84H165NO5. The molecule has 0 heterocycles. The molecule has 0 aromatic carbocycles. The number of carbonyl (C=O) groups is 2. The minimum Gasteiger partial charge on any atom is -0.466 e. The first kappa shape index (κ1) is 88.6. The van der Waals surface area contributed by atoms with E-state index in [0.29, 0.717) is 25.9 Å². The zero-order valence-electron chi connectivity index (χ0n) is 61.7. The average Bonchev–Trinajstić information content (AvgIpc) is 3.62. The number of allylic oxidation sites excluding steroid dienone is 2. The Kier molecular flexibility index (Phi) is 78.8. The Morgan fingerprint density at radius 3 is 0.800 bits per heavy atom. The first-order valence-corrected chi connectivity index (χ1v) is 41.9. The molecule has 2 unspecified atom stereocenters. The highest BCUT2D eigenvalue weighted by atomic mass is 16.5. The fourth-order valence-corrected chi connectivity index (χ4v) is 13.7. The summed E-state index contributed by atoms with van der Waals surface area (Å²) in [6.07, 6.45) is 102. The quantitative estimate of drug-likeness (QED) is 0.0320. The van der Waals surface area contributed by atoms with Gasteiger partial charge < -0.3 is 20.3 Å². The van der Waals surface area contributed by atoms with E-state index in [2.05, 4.69) is 31.3 Å². The van der Waals surface area contributed by atoms with E-state index in [-0.39, 0.29) is 18.5 Å². The minimum atomic E-state index is -0.662. The van der Waals surface area contributed by atoms with Gasteiger partial charge in [-0.05, 0) is 51.4 Å². The van der Waals surface area contributed by atoms with Gasteiger partial charge in [0.05, 0.1) is 25.4 Å². The molecule has 0 saturated heterocycles. The van der Waals surface area contributed by atoms with E-state index in [9.17, 15) is 19.8 Å². The minimum absolute atomic E-state index is 0.0145. The summed E-state index contributed by atoms with van der Waals surface area (Å²) in [6, 6.07) is -0.538. The van der Waals surface area contributed by atoms with Gasteiger partial charge in [0.25, 0.3) is 0 Å². The van der Waals surface area contributed by atoms with Crippen LogP contribution in [-0.2, 0) is 14.3 Å². The number of unbranched alkanes of at least 4 members (excludes halogenated alkanes) is 67. The second-order valence-electron chi connectivity index (χ2n) is 29.2. The summed E-state index contributed by atoms with van der Waals surface area (Å²) in [4.78, 5) is 24.6. The van der Waals surface area contributed by atoms with Gasteiger partial charge >= 0.3 is 5.97 Å². The Morgan fingerprint density at radius 1 is 0.300 bits per heavy atom. The van der Waals surface area contributed by atoms with Crippen LogP contribution in [0.2, 0.25) is 0 Å². The highest BCUT2D eigenvalue weighted by Gasteiger charge is 2.20. The van der Waals surface area contributed by atoms with Crippen molar-refractivity contribution >= 4 is 11.9 Å². The van der Waals surface area contributed by atoms with Crippen LogP contribution in [0.4, 0.5) is 0 Å². The fraction of sp³-hybridized carbons (Fsp3) is 0.952. The molecule has 0 aromatic heterocycles. The van der Waals surface area contributed by atoms with Crippen LogP contribution in [-0.4, -0.2) is 47.4 Å². The van der Waals surface area contributed by atoms with Gasteiger partial charge in [-0.2, -0.15) is 0 Å². The molecule has 6 nitrogen and oxygen atoms in total. The third-order valence-corrected chi connectivity index (χ3v) is 20.1. The van der Waals surface area contributed by atoms with Crippen molar-refractivity contribution in [3.63, 3.8) is 0 Å². The number of rotatable bonds is 80. The molecule has 6 heteroatoms. The first-order valence-electron chi connectivity index (χ1n) is 41.9. The number of aliphatic hydroxyl groups excluding tert-OH is 2. The Bertz CT molecular complexity index is 1370. The van der Waals surface area contributed by atoms with Crippen LogP contribution in [0.25, 0.3) is 0 Å². The number of hydrogen-bond acceptors (Lipinski definition) is 5. The highest BCUT2D eigenvalue weighted by molar-refractivity contribution is 5.76. The van der Waals surface area contributed by atoms with E-state index in [4.69, 9.17) is 4.74 Å². The summed E-state index contributed by atoms with van der Waals surface area (Å²) < 4.78 is 5.49. The van der Waals surface area contributed by atoms with Crippen LogP contribution in [0.1, 0.15) is 489 Å². The smallest absolute Gasteiger partial charge is 0.305 e. The van der Waals surface area contributed by atoms with E-state index >= 15 is 0 Å². The standard InChI is InChI=1S/C84H165NO5/c1-3-5-7-9-11-13-15-17-18-19-20-21-22-34-37-40-43-46-49-53-56-60-64-68-72-76-82(87)81(80-86)85-83(88)77-73-69-65-61-57-54-50-47-44-41-38-35-32-30-28-26-24-23-25-27-29-31-33-36-39-42-45-48-51-55-59-63-67-71-75-79-90-84(89)78-74-70-66-62-58-52-16-14-12-10-8-6-4-2/h14,16,81-82,86-87H,3-13,15,17-80H2,1-2H3,(H,85,88)/b16-14-. The predicted octanol–water partition coefficient (Wildman–Crippen LogP) is 27.8. The Hall–Kier alpha value is -1.40. The van der Waals surface area contributed by atoms with Crippen LogP contribution >= 0.6 is 0 Å². The van der Waals surface area contributed by atoms with Gasteiger partial charge in [-0.15, -0.1) is 0 Å². The number of hydrogen-bond donors (Lipinski definition) is 3. The molecule has 0 aromatic rings. The number of esters is 1. The predicted molar refractivity (Wildman–Crippen MR) is 398 cm³/mol. The molecule has 0 aliphatic carbocycles. The molecule has 3 N–H and O–H groups in total. The van der Waals surface area contributed by atoms with Gasteiger partial charge in [0.15, 0.2) is 0 Å². The number of aliphatic hydroxyl groups is 2. The lowest BCUT2D eigenvalue weighted by Gasteiger charge is -2.22. The molecule has 0 radical (unpaired) electrons. The van der Waals surface area contributed by atoms with Gasteiger partial charge in [0, 0.05) is 12.8 Å². The largest absolute Gasteiger partial charge is 0.466 e. The number of amides is 1. The maximum absolute atomic E-state index is 12.6. The van der Waals surface area contributed by atoms with Gasteiger partial charge in [0.1, 0.15) is 0 Å². The lowest BCUT2D eigenvalue weighted by atomic mass is 10.0. The van der Waals surface area contributed by atoms with Crippen LogP contribution in [0, 0.1) is 0 Å². The van der Waals surface area contributed by atoms with Gasteiger partial charge in [-0.1, -0.05) is 437 Å². The Balaban J connectivity index is 3.32. The molecule has 2 atom stereocenters. The second-order valence-corrected chi connectivity index (χ2v) is 29.2. The molecule has 0 aliphatic heterocycles. The molecule has 0 rings (SSSR count). The summed E-state index contributed by atoms with van der Waals surface area (Å²) in [5.74, 6) is -0.00845. The molecule has 0 fully saturated rings.